The van der Waals surface area contributed by atoms with E-state index in [0.717, 1.165) is 49.3 Å². The van der Waals surface area contributed by atoms with E-state index in [9.17, 15) is 55.6 Å². The lowest BCUT2D eigenvalue weighted by Gasteiger charge is -2.30. The Morgan fingerprint density at radius 2 is 0.971 bits per heavy atom. The molecule has 4 aromatic carbocycles. The zero-order chi connectivity index (χ0) is 49.3. The molecule has 24 heteroatoms. The van der Waals surface area contributed by atoms with Gasteiger partial charge in [-0.1, -0.05) is 72.8 Å². The molecule has 0 atom stereocenters. The topological polar surface area (TPSA) is 271 Å². The second-order valence-corrected chi connectivity index (χ2v) is 21.6. The number of nitrogens with zero attached hydrogens (tertiary/aromatic N) is 9. The van der Waals surface area contributed by atoms with Gasteiger partial charge in [0, 0.05) is 89.1 Å². The van der Waals surface area contributed by atoms with Crippen molar-refractivity contribution in [1.29, 1.82) is 0 Å². The van der Waals surface area contributed by atoms with Crippen molar-refractivity contribution >= 4 is 47.1 Å². The van der Waals surface area contributed by atoms with Crippen molar-refractivity contribution in [2.45, 2.75) is 47.2 Å². The predicted molar refractivity (Wildman–Crippen MR) is 251 cm³/mol. The van der Waals surface area contributed by atoms with Crippen LogP contribution in [0.2, 0.25) is 0 Å². The highest BCUT2D eigenvalue weighted by Gasteiger charge is 2.35. The highest BCUT2D eigenvalue weighted by atomic mass is 32.2. The molecule has 360 valence electrons. The number of nitro benzene ring substituents is 3. The highest BCUT2D eigenvalue weighted by Crippen LogP contribution is 2.31. The minimum atomic E-state index is -4.52. The fourth-order valence-corrected chi connectivity index (χ4v) is 12.5. The molecule has 1 aliphatic heterocycles. The molecule has 0 saturated heterocycles. The second kappa shape index (κ2) is 21.6. The maximum Gasteiger partial charge on any atom is 0.289 e. The minimum absolute atomic E-state index is 0.0226. The van der Waals surface area contributed by atoms with E-state index < -0.39 is 76.6 Å². The first-order valence-electron chi connectivity index (χ1n) is 21.3. The molecule has 3 heterocycles. The molecule has 0 radical (unpaired) electrons. The third kappa shape index (κ3) is 11.9. The lowest BCUT2D eigenvalue weighted by Crippen LogP contribution is -2.43. The van der Waals surface area contributed by atoms with Gasteiger partial charge in [-0.2, -0.15) is 12.9 Å². The molecule has 1 aliphatic rings. The average molecular weight is 1000 g/mol. The largest absolute Gasteiger partial charge is 0.296 e. The first kappa shape index (κ1) is 50.0. The Labute approximate surface area is 397 Å². The summed E-state index contributed by atoms with van der Waals surface area (Å²) in [7, 11) is -13.5. The van der Waals surface area contributed by atoms with Gasteiger partial charge in [-0.3, -0.25) is 45.2 Å². The number of pyridine rings is 2. The molecule has 0 amide bonds. The fraction of sp³-hybridized carbons (Fsp3) is 0.244. The van der Waals surface area contributed by atoms with Crippen molar-refractivity contribution in [2.24, 2.45) is 0 Å². The van der Waals surface area contributed by atoms with E-state index in [-0.39, 0.29) is 71.7 Å². The van der Waals surface area contributed by atoms with Crippen LogP contribution in [-0.2, 0) is 62.5 Å². The van der Waals surface area contributed by atoms with Gasteiger partial charge in [-0.25, -0.2) is 25.3 Å². The molecule has 0 aliphatic carbocycles. The van der Waals surface area contributed by atoms with Gasteiger partial charge in [0.05, 0.1) is 27.0 Å². The van der Waals surface area contributed by atoms with Crippen LogP contribution in [0.4, 0.5) is 17.1 Å². The van der Waals surface area contributed by atoms with Crippen LogP contribution in [0.3, 0.4) is 0 Å². The van der Waals surface area contributed by atoms with E-state index in [0.29, 0.717) is 27.9 Å². The van der Waals surface area contributed by atoms with E-state index in [1.165, 1.54) is 42.6 Å². The molecule has 0 unspecified atom stereocenters. The van der Waals surface area contributed by atoms with Crippen LogP contribution in [0.5, 0.6) is 0 Å². The lowest BCUT2D eigenvalue weighted by atomic mass is 10.1. The summed E-state index contributed by atoms with van der Waals surface area (Å²) < 4.78 is 89.2. The molecular formula is C45H45N9O12S3. The molecule has 2 aromatic heterocycles. The Kier molecular flexibility index (Phi) is 15.6. The Balaban J connectivity index is 1.23. The van der Waals surface area contributed by atoms with Crippen LogP contribution >= 0.6 is 0 Å². The van der Waals surface area contributed by atoms with Crippen LogP contribution < -0.4 is 0 Å². The molecule has 6 aromatic rings. The van der Waals surface area contributed by atoms with E-state index >= 15 is 0 Å². The molecule has 0 spiro atoms. The Bertz CT molecular complexity index is 3070. The van der Waals surface area contributed by atoms with Crippen molar-refractivity contribution in [2.75, 3.05) is 39.3 Å². The molecule has 7 rings (SSSR count). The number of nitro groups is 3. The SMILES string of the molecule is O=[N+]([O-])c1ccccc1S(=O)(=O)N1CCc2cncc(c2)CCN(S(=O)(=O)c2ccccc2[N+](=O)[O-])CCN(Cc2ccc(CN(Cc3ccccn3)S(=O)(=O)c3ccccc3[N+](=O)[O-])cc2)CC1. The average Bonchev–Trinajstić information content (AvgIpc) is 3.34. The Morgan fingerprint density at radius 3 is 1.45 bits per heavy atom. The second-order valence-electron chi connectivity index (χ2n) is 15.9. The number of fused-ring (bicyclic) bond motifs is 2. The molecule has 2 bridgehead atoms. The molecular weight excluding hydrogens is 955 g/mol. The summed E-state index contributed by atoms with van der Waals surface area (Å²) >= 11 is 0. The Morgan fingerprint density at radius 1 is 0.522 bits per heavy atom. The van der Waals surface area contributed by atoms with Crippen LogP contribution in [0.15, 0.2) is 155 Å². The van der Waals surface area contributed by atoms with Gasteiger partial charge in [0.1, 0.15) is 0 Å². The lowest BCUT2D eigenvalue weighted by molar-refractivity contribution is -0.388. The van der Waals surface area contributed by atoms with Crippen molar-refractivity contribution in [3.8, 4) is 0 Å². The smallest absolute Gasteiger partial charge is 0.289 e. The number of hydrogen-bond donors (Lipinski definition) is 0. The van der Waals surface area contributed by atoms with E-state index in [4.69, 9.17) is 0 Å². The first-order chi connectivity index (χ1) is 32.9. The monoisotopic (exact) mass is 999 g/mol. The standard InChI is InChI=1S/C45H45N9O12S3/c55-52(56)40-10-1-4-13-43(40)67(61,62)49-23-20-37-29-38(31-46-30-37)21-24-50(68(63,64)44-14-5-2-11-41(44)53(57)58)28-26-48(25-27-49)32-35-16-18-36(19-17-35)33-51(34-39-9-7-8-22-47-39)69(65,66)45-15-6-3-12-42(45)54(59)60/h1-19,22,29-31H,20-21,23-28,32-34H2. The molecule has 21 nitrogen and oxygen atoms in total. The molecule has 0 N–H and O–H groups in total. The van der Waals surface area contributed by atoms with E-state index in [1.807, 2.05) is 0 Å². The van der Waals surface area contributed by atoms with Gasteiger partial charge in [-0.15, -0.1) is 0 Å². The fourth-order valence-electron chi connectivity index (χ4n) is 7.81. The van der Waals surface area contributed by atoms with Gasteiger partial charge in [0.15, 0.2) is 14.7 Å². The minimum Gasteiger partial charge on any atom is -0.296 e. The quantitative estimate of drug-likeness (QED) is 0.0898. The van der Waals surface area contributed by atoms with Gasteiger partial charge >= 0.3 is 0 Å². The van der Waals surface area contributed by atoms with Gasteiger partial charge < -0.3 is 0 Å². The molecule has 0 saturated carbocycles. The normalized spacial score (nSPS) is 15.0. The third-order valence-electron chi connectivity index (χ3n) is 11.4. The summed E-state index contributed by atoms with van der Waals surface area (Å²) in [4.78, 5) is 42.5. The zero-order valence-corrected chi connectivity index (χ0v) is 39.2. The van der Waals surface area contributed by atoms with Crippen LogP contribution in [0.1, 0.15) is 27.9 Å². The van der Waals surface area contributed by atoms with Crippen LogP contribution in [0.25, 0.3) is 0 Å². The number of hydrogen-bond acceptors (Lipinski definition) is 15. The van der Waals surface area contributed by atoms with Crippen molar-refractivity contribution in [1.82, 2.24) is 27.8 Å². The molecule has 69 heavy (non-hydrogen) atoms. The van der Waals surface area contributed by atoms with Gasteiger partial charge in [-0.05, 0) is 65.4 Å². The zero-order valence-electron chi connectivity index (χ0n) is 36.7. The first-order valence-corrected chi connectivity index (χ1v) is 25.6. The number of para-hydroxylation sites is 3. The predicted octanol–water partition coefficient (Wildman–Crippen LogP) is 5.57. The van der Waals surface area contributed by atoms with E-state index in [2.05, 4.69) is 9.97 Å². The summed E-state index contributed by atoms with van der Waals surface area (Å²) in [5.41, 5.74) is 0.946. The number of rotatable bonds is 15. The number of sulfonamides is 3. The Hall–Kier alpha value is -6.93. The summed E-state index contributed by atoms with van der Waals surface area (Å²) in [5.74, 6) is 0. The number of benzene rings is 4. The summed E-state index contributed by atoms with van der Waals surface area (Å²) in [6.45, 7) is -0.989. The maximum atomic E-state index is 14.4. The highest BCUT2D eigenvalue weighted by molar-refractivity contribution is 7.89. The van der Waals surface area contributed by atoms with Crippen LogP contribution in [0, 0.1) is 30.3 Å². The maximum absolute atomic E-state index is 14.4. The summed E-state index contributed by atoms with van der Waals surface area (Å²) in [6.07, 6.45) is 4.87. The van der Waals surface area contributed by atoms with Crippen molar-refractivity contribution < 1.29 is 40.0 Å². The summed E-state index contributed by atoms with van der Waals surface area (Å²) in [5, 5.41) is 36.0. The van der Waals surface area contributed by atoms with E-state index in [1.54, 1.807) is 65.8 Å². The van der Waals surface area contributed by atoms with Crippen molar-refractivity contribution in [3.05, 3.63) is 198 Å². The van der Waals surface area contributed by atoms with Gasteiger partial charge in [0.2, 0.25) is 20.0 Å². The number of aromatic nitrogens is 2. The molecule has 0 fully saturated rings. The third-order valence-corrected chi connectivity index (χ3v) is 17.1. The summed E-state index contributed by atoms with van der Waals surface area (Å²) in [6, 6.07) is 28.5. The van der Waals surface area contributed by atoms with Crippen LogP contribution in [-0.4, -0.2) is 107 Å². The van der Waals surface area contributed by atoms with Crippen molar-refractivity contribution in [3.63, 3.8) is 0 Å². The van der Waals surface area contributed by atoms with Gasteiger partial charge in [0.25, 0.3) is 27.1 Å².